The number of allylic oxidation sites excluding steroid dienone is 1. The molecule has 0 aromatic carbocycles. The van der Waals surface area contributed by atoms with Gasteiger partial charge in [0.2, 0.25) is 0 Å². The second-order valence-corrected chi connectivity index (χ2v) is 11.5. The first kappa shape index (κ1) is 24.0. The van der Waals surface area contributed by atoms with E-state index in [0.29, 0.717) is 5.41 Å². The van der Waals surface area contributed by atoms with E-state index in [1.165, 1.54) is 77.0 Å². The van der Waals surface area contributed by atoms with Crippen molar-refractivity contribution in [3.8, 4) is 0 Å². The summed E-state index contributed by atoms with van der Waals surface area (Å²) in [7, 11) is 0. The maximum absolute atomic E-state index is 3.91. The van der Waals surface area contributed by atoms with E-state index >= 15 is 0 Å². The molecular weight excluding hydrogens is 336 g/mol. The first-order valence-corrected chi connectivity index (χ1v) is 12.9. The molecule has 0 aliphatic heterocycles. The van der Waals surface area contributed by atoms with Crippen LogP contribution in [0.5, 0.6) is 0 Å². The summed E-state index contributed by atoms with van der Waals surface area (Å²) >= 11 is 0. The Morgan fingerprint density at radius 3 is 2.25 bits per heavy atom. The Balaban J connectivity index is 1.66. The normalized spacial score (nSPS) is 32.6. The largest absolute Gasteiger partial charge is 0.103 e. The van der Waals surface area contributed by atoms with Crippen LogP contribution in [0.4, 0.5) is 0 Å². The maximum Gasteiger partial charge on any atom is -0.0266 e. The molecule has 0 heteroatoms. The average Bonchev–Trinajstić information content (AvgIpc) is 3.41. The van der Waals surface area contributed by atoms with E-state index in [2.05, 4.69) is 54.2 Å². The highest BCUT2D eigenvalue weighted by Crippen LogP contribution is 2.60. The Bertz CT molecular complexity index is 441. The lowest BCUT2D eigenvalue weighted by molar-refractivity contribution is -0.0354. The average molecular weight is 389 g/mol. The van der Waals surface area contributed by atoms with Crippen LogP contribution in [-0.2, 0) is 0 Å². The first-order valence-electron chi connectivity index (χ1n) is 12.9. The van der Waals surface area contributed by atoms with Crippen molar-refractivity contribution < 1.29 is 0 Å². The monoisotopic (exact) mass is 388 g/mol. The number of rotatable bonds is 15. The Morgan fingerprint density at radius 1 is 0.964 bits per heavy atom. The SMILES string of the molecule is C=CCCC1CC(CC)(C(C)C(C)C2CC2CCC(C)CCCCC(C)C)C1. The van der Waals surface area contributed by atoms with Gasteiger partial charge in [0, 0.05) is 0 Å². The van der Waals surface area contributed by atoms with Gasteiger partial charge in [0.15, 0.2) is 0 Å². The zero-order valence-electron chi connectivity index (χ0n) is 20.3. The van der Waals surface area contributed by atoms with Crippen molar-refractivity contribution in [3.63, 3.8) is 0 Å². The molecule has 5 unspecified atom stereocenters. The summed E-state index contributed by atoms with van der Waals surface area (Å²) in [4.78, 5) is 0. The number of unbranched alkanes of at least 4 members (excludes halogenated alkanes) is 1. The third kappa shape index (κ3) is 6.63. The van der Waals surface area contributed by atoms with Crippen LogP contribution in [0.1, 0.15) is 119 Å². The molecule has 0 nitrogen and oxygen atoms in total. The zero-order valence-corrected chi connectivity index (χ0v) is 20.3. The van der Waals surface area contributed by atoms with Gasteiger partial charge in [-0.2, -0.15) is 0 Å². The summed E-state index contributed by atoms with van der Waals surface area (Å²) in [6.45, 7) is 18.8. The number of hydrogen-bond donors (Lipinski definition) is 0. The second-order valence-electron chi connectivity index (χ2n) is 11.5. The molecule has 2 aliphatic rings. The Morgan fingerprint density at radius 2 is 1.64 bits per heavy atom. The maximum atomic E-state index is 3.91. The van der Waals surface area contributed by atoms with Gasteiger partial charge in [-0.05, 0) is 85.4 Å². The molecule has 0 aromatic heterocycles. The Kier molecular flexibility index (Phi) is 9.62. The fourth-order valence-corrected chi connectivity index (χ4v) is 6.49. The third-order valence-electron chi connectivity index (χ3n) is 9.04. The molecular formula is C28H52. The minimum atomic E-state index is 0.669. The molecule has 2 aliphatic carbocycles. The van der Waals surface area contributed by atoms with Crippen LogP contribution in [0.3, 0.4) is 0 Å². The quantitative estimate of drug-likeness (QED) is 0.194. The van der Waals surface area contributed by atoms with Crippen molar-refractivity contribution in [1.29, 1.82) is 0 Å². The number of hydrogen-bond acceptors (Lipinski definition) is 0. The molecule has 2 fully saturated rings. The van der Waals surface area contributed by atoms with Gasteiger partial charge < -0.3 is 0 Å². The van der Waals surface area contributed by atoms with E-state index in [-0.39, 0.29) is 0 Å². The van der Waals surface area contributed by atoms with Crippen LogP contribution in [0.15, 0.2) is 12.7 Å². The van der Waals surface area contributed by atoms with E-state index < -0.39 is 0 Å². The van der Waals surface area contributed by atoms with Crippen LogP contribution >= 0.6 is 0 Å². The van der Waals surface area contributed by atoms with Crippen molar-refractivity contribution in [3.05, 3.63) is 12.7 Å². The minimum absolute atomic E-state index is 0.669. The lowest BCUT2D eigenvalue weighted by Gasteiger charge is -2.53. The van der Waals surface area contributed by atoms with Gasteiger partial charge in [0.05, 0.1) is 0 Å². The van der Waals surface area contributed by atoms with Gasteiger partial charge in [0.25, 0.3) is 0 Å². The van der Waals surface area contributed by atoms with Gasteiger partial charge >= 0.3 is 0 Å². The topological polar surface area (TPSA) is 0 Å². The van der Waals surface area contributed by atoms with Crippen LogP contribution in [-0.4, -0.2) is 0 Å². The van der Waals surface area contributed by atoms with Crippen LogP contribution in [0.2, 0.25) is 0 Å². The van der Waals surface area contributed by atoms with Crippen LogP contribution < -0.4 is 0 Å². The van der Waals surface area contributed by atoms with Gasteiger partial charge in [-0.15, -0.1) is 6.58 Å². The molecule has 0 N–H and O–H groups in total. The lowest BCUT2D eigenvalue weighted by atomic mass is 9.51. The lowest BCUT2D eigenvalue weighted by Crippen LogP contribution is -2.44. The van der Waals surface area contributed by atoms with E-state index in [4.69, 9.17) is 0 Å². The van der Waals surface area contributed by atoms with Crippen molar-refractivity contribution in [2.75, 3.05) is 0 Å². The van der Waals surface area contributed by atoms with E-state index in [1.54, 1.807) is 0 Å². The summed E-state index contributed by atoms with van der Waals surface area (Å²) < 4.78 is 0. The molecule has 5 atom stereocenters. The molecule has 2 saturated carbocycles. The molecule has 2 rings (SSSR count). The molecule has 164 valence electrons. The van der Waals surface area contributed by atoms with E-state index in [9.17, 15) is 0 Å². The summed E-state index contributed by atoms with van der Waals surface area (Å²) in [5, 5.41) is 0. The van der Waals surface area contributed by atoms with Gasteiger partial charge in [-0.3, -0.25) is 0 Å². The highest BCUT2D eigenvalue weighted by molar-refractivity contribution is 5.01. The molecule has 0 saturated heterocycles. The van der Waals surface area contributed by atoms with Crippen molar-refractivity contribution >= 4 is 0 Å². The molecule has 0 radical (unpaired) electrons. The Labute approximate surface area is 178 Å². The van der Waals surface area contributed by atoms with Crippen molar-refractivity contribution in [2.24, 2.45) is 46.8 Å². The first-order chi connectivity index (χ1) is 13.3. The van der Waals surface area contributed by atoms with Crippen molar-refractivity contribution in [1.82, 2.24) is 0 Å². The summed E-state index contributed by atoms with van der Waals surface area (Å²) in [5.41, 5.74) is 0.669. The molecule has 28 heavy (non-hydrogen) atoms. The fourth-order valence-electron chi connectivity index (χ4n) is 6.49. The standard InChI is InChI=1S/C28H52/c1-8-10-15-25-19-28(9-2,20-25)24(7)23(6)27-18-26(27)17-16-22(5)14-12-11-13-21(3)4/h8,21-27H,1,9-20H2,2-7H3. The molecule has 0 aromatic rings. The summed E-state index contributed by atoms with van der Waals surface area (Å²) in [6.07, 6.45) is 19.4. The van der Waals surface area contributed by atoms with E-state index in [1.807, 2.05) is 0 Å². The van der Waals surface area contributed by atoms with Crippen LogP contribution in [0.25, 0.3) is 0 Å². The zero-order chi connectivity index (χ0) is 20.7. The fraction of sp³-hybridized carbons (Fsp3) is 0.929. The van der Waals surface area contributed by atoms with E-state index in [0.717, 1.165) is 41.4 Å². The molecule has 0 amide bonds. The Hall–Kier alpha value is -0.260. The van der Waals surface area contributed by atoms with Gasteiger partial charge in [-0.1, -0.05) is 86.1 Å². The highest BCUT2D eigenvalue weighted by atomic mass is 14.6. The summed E-state index contributed by atoms with van der Waals surface area (Å²) in [5.74, 6) is 6.76. The van der Waals surface area contributed by atoms with Crippen LogP contribution in [0, 0.1) is 46.8 Å². The second kappa shape index (κ2) is 11.2. The predicted molar refractivity (Wildman–Crippen MR) is 127 cm³/mol. The third-order valence-corrected chi connectivity index (χ3v) is 9.04. The molecule has 0 spiro atoms. The predicted octanol–water partition coefficient (Wildman–Crippen LogP) is 9.30. The highest BCUT2D eigenvalue weighted by Gasteiger charge is 2.51. The van der Waals surface area contributed by atoms with Gasteiger partial charge in [0.1, 0.15) is 0 Å². The molecule has 0 heterocycles. The summed E-state index contributed by atoms with van der Waals surface area (Å²) in [6, 6.07) is 0. The van der Waals surface area contributed by atoms with Gasteiger partial charge in [-0.25, -0.2) is 0 Å². The van der Waals surface area contributed by atoms with Crippen molar-refractivity contribution in [2.45, 2.75) is 119 Å². The smallest absolute Gasteiger partial charge is 0.0266 e. The minimum Gasteiger partial charge on any atom is -0.103 e. The molecule has 0 bridgehead atoms.